The lowest BCUT2D eigenvalue weighted by Gasteiger charge is -2.08. The smallest absolute Gasteiger partial charge is 0.330 e. The summed E-state index contributed by atoms with van der Waals surface area (Å²) in [7, 11) is 0. The van der Waals surface area contributed by atoms with Crippen molar-refractivity contribution in [1.29, 1.82) is 0 Å². The van der Waals surface area contributed by atoms with Gasteiger partial charge in [-0.25, -0.2) is 4.79 Å². The lowest BCUT2D eigenvalue weighted by Crippen LogP contribution is -2.00. The van der Waals surface area contributed by atoms with Crippen LogP contribution in [0.15, 0.2) is 23.8 Å². The lowest BCUT2D eigenvalue weighted by atomic mass is 9.98. The molecule has 0 radical (unpaired) electrons. The minimum atomic E-state index is -0.260. The Hall–Kier alpha value is -1.05. The van der Waals surface area contributed by atoms with E-state index in [-0.39, 0.29) is 5.97 Å². The van der Waals surface area contributed by atoms with Gasteiger partial charge in [0.05, 0.1) is 6.61 Å². The highest BCUT2D eigenvalue weighted by molar-refractivity contribution is 5.83. The van der Waals surface area contributed by atoms with E-state index in [2.05, 4.69) is 26.8 Å². The van der Waals surface area contributed by atoms with E-state index < -0.39 is 0 Å². The molecule has 0 aromatic rings. The molecule has 2 nitrogen and oxygen atoms in total. The Balaban J connectivity index is 4.08. The van der Waals surface area contributed by atoms with Crippen LogP contribution in [0, 0.1) is 11.8 Å². The van der Waals surface area contributed by atoms with Crippen molar-refractivity contribution in [3.63, 3.8) is 0 Å². The van der Waals surface area contributed by atoms with Crippen molar-refractivity contribution in [1.82, 2.24) is 0 Å². The number of esters is 1. The van der Waals surface area contributed by atoms with Gasteiger partial charge in [-0.3, -0.25) is 0 Å². The second-order valence-corrected chi connectivity index (χ2v) is 4.95. The maximum atomic E-state index is 11.2. The van der Waals surface area contributed by atoms with Crippen LogP contribution in [0.3, 0.4) is 0 Å². The highest BCUT2D eigenvalue weighted by Gasteiger charge is 2.00. The molecule has 17 heavy (non-hydrogen) atoms. The maximum Gasteiger partial charge on any atom is 0.330 e. The van der Waals surface area contributed by atoms with E-state index in [0.717, 1.165) is 11.5 Å². The van der Waals surface area contributed by atoms with Crippen LogP contribution in [-0.4, -0.2) is 12.6 Å². The van der Waals surface area contributed by atoms with Gasteiger partial charge in [-0.05, 0) is 37.7 Å². The fourth-order valence-electron chi connectivity index (χ4n) is 1.43. The highest BCUT2D eigenvalue weighted by atomic mass is 16.5. The Morgan fingerprint density at radius 3 is 2.41 bits per heavy atom. The summed E-state index contributed by atoms with van der Waals surface area (Å²) in [6.45, 7) is 10.8. The largest absolute Gasteiger partial charge is 0.463 e. The van der Waals surface area contributed by atoms with Gasteiger partial charge >= 0.3 is 5.97 Å². The fourth-order valence-corrected chi connectivity index (χ4v) is 1.43. The number of rotatable bonds is 7. The molecule has 0 N–H and O–H groups in total. The standard InChI is InChI=1S/C15H26O2/c1-6-17-15(16)11-14(5)10-9-13(4)8-7-12(2)3/h9-13H,6-8H2,1-5H3/b10-9+,14-11+. The molecule has 0 spiro atoms. The summed E-state index contributed by atoms with van der Waals surface area (Å²) in [4.78, 5) is 11.2. The van der Waals surface area contributed by atoms with Crippen molar-refractivity contribution in [2.45, 2.75) is 47.5 Å². The summed E-state index contributed by atoms with van der Waals surface area (Å²) in [5.74, 6) is 1.05. The third-order valence-corrected chi connectivity index (χ3v) is 2.52. The summed E-state index contributed by atoms with van der Waals surface area (Å²) >= 11 is 0. The van der Waals surface area contributed by atoms with Crippen molar-refractivity contribution in [3.05, 3.63) is 23.8 Å². The zero-order chi connectivity index (χ0) is 13.3. The van der Waals surface area contributed by atoms with Gasteiger partial charge in [0.2, 0.25) is 0 Å². The molecule has 0 bridgehead atoms. The van der Waals surface area contributed by atoms with Crippen LogP contribution < -0.4 is 0 Å². The Labute approximate surface area is 106 Å². The Kier molecular flexibility index (Phi) is 8.47. The fraction of sp³-hybridized carbons (Fsp3) is 0.667. The molecular weight excluding hydrogens is 212 g/mol. The first-order chi connectivity index (χ1) is 7.95. The Bertz CT molecular complexity index is 275. The predicted molar refractivity (Wildman–Crippen MR) is 72.8 cm³/mol. The third-order valence-electron chi connectivity index (χ3n) is 2.52. The van der Waals surface area contributed by atoms with Crippen LogP contribution >= 0.6 is 0 Å². The van der Waals surface area contributed by atoms with E-state index in [1.54, 1.807) is 0 Å². The first-order valence-electron chi connectivity index (χ1n) is 6.49. The minimum Gasteiger partial charge on any atom is -0.463 e. The average Bonchev–Trinajstić information content (AvgIpc) is 2.23. The molecule has 0 aliphatic heterocycles. The topological polar surface area (TPSA) is 26.3 Å². The second kappa shape index (κ2) is 9.03. The van der Waals surface area contributed by atoms with Gasteiger partial charge in [0.15, 0.2) is 0 Å². The van der Waals surface area contributed by atoms with Gasteiger partial charge in [0.1, 0.15) is 0 Å². The van der Waals surface area contributed by atoms with Crippen LogP contribution in [0.1, 0.15) is 47.5 Å². The van der Waals surface area contributed by atoms with Crippen molar-refractivity contribution in [2.24, 2.45) is 11.8 Å². The van der Waals surface area contributed by atoms with Gasteiger partial charge in [-0.1, -0.05) is 39.3 Å². The first kappa shape index (κ1) is 16.0. The quantitative estimate of drug-likeness (QED) is 0.379. The normalized spacial score (nSPS) is 14.4. The van der Waals surface area contributed by atoms with Crippen molar-refractivity contribution < 1.29 is 9.53 Å². The molecule has 0 heterocycles. The molecule has 0 aromatic heterocycles. The van der Waals surface area contributed by atoms with Crippen LogP contribution in [0.4, 0.5) is 0 Å². The molecule has 0 aliphatic carbocycles. The molecule has 0 amide bonds. The van der Waals surface area contributed by atoms with E-state index in [0.29, 0.717) is 12.5 Å². The number of hydrogen-bond donors (Lipinski definition) is 0. The van der Waals surface area contributed by atoms with Gasteiger partial charge in [0, 0.05) is 6.08 Å². The second-order valence-electron chi connectivity index (χ2n) is 4.95. The van der Waals surface area contributed by atoms with E-state index in [9.17, 15) is 4.79 Å². The van der Waals surface area contributed by atoms with E-state index >= 15 is 0 Å². The summed E-state index contributed by atoms with van der Waals surface area (Å²) in [5, 5.41) is 0. The summed E-state index contributed by atoms with van der Waals surface area (Å²) < 4.78 is 4.85. The van der Waals surface area contributed by atoms with Gasteiger partial charge < -0.3 is 4.74 Å². The molecule has 0 rings (SSSR count). The highest BCUT2D eigenvalue weighted by Crippen LogP contribution is 2.13. The summed E-state index contributed by atoms with van der Waals surface area (Å²) in [6, 6.07) is 0. The number of allylic oxidation sites excluding steroid dienone is 3. The van der Waals surface area contributed by atoms with E-state index in [1.165, 1.54) is 18.9 Å². The van der Waals surface area contributed by atoms with Crippen LogP contribution in [0.5, 0.6) is 0 Å². The molecule has 0 fully saturated rings. The molecule has 1 atom stereocenters. The van der Waals surface area contributed by atoms with Crippen LogP contribution in [0.2, 0.25) is 0 Å². The average molecular weight is 238 g/mol. The van der Waals surface area contributed by atoms with E-state index in [4.69, 9.17) is 4.74 Å². The van der Waals surface area contributed by atoms with Crippen LogP contribution in [0.25, 0.3) is 0 Å². The zero-order valence-electron chi connectivity index (χ0n) is 11.8. The van der Waals surface area contributed by atoms with E-state index in [1.807, 2.05) is 19.9 Å². The first-order valence-corrected chi connectivity index (χ1v) is 6.49. The SMILES string of the molecule is CCOC(=O)/C=C(C)/C=C/C(C)CCC(C)C. The minimum absolute atomic E-state index is 0.260. The van der Waals surface area contributed by atoms with Gasteiger partial charge in [0.25, 0.3) is 0 Å². The molecule has 1 unspecified atom stereocenters. The Morgan fingerprint density at radius 1 is 1.24 bits per heavy atom. The molecule has 2 heteroatoms. The van der Waals surface area contributed by atoms with Crippen molar-refractivity contribution >= 4 is 5.97 Å². The van der Waals surface area contributed by atoms with Crippen molar-refractivity contribution in [3.8, 4) is 0 Å². The number of hydrogen-bond acceptors (Lipinski definition) is 2. The zero-order valence-corrected chi connectivity index (χ0v) is 11.8. The molecule has 0 saturated carbocycles. The third kappa shape index (κ3) is 9.86. The maximum absolute atomic E-state index is 11.2. The summed E-state index contributed by atoms with van der Waals surface area (Å²) in [5.41, 5.74) is 0.944. The predicted octanol–water partition coefficient (Wildman–Crippen LogP) is 4.12. The number of carbonyl (C=O) groups excluding carboxylic acids is 1. The summed E-state index contributed by atoms with van der Waals surface area (Å²) in [6.07, 6.45) is 8.14. The Morgan fingerprint density at radius 2 is 1.88 bits per heavy atom. The molecule has 0 aromatic carbocycles. The van der Waals surface area contributed by atoms with Gasteiger partial charge in [-0.15, -0.1) is 0 Å². The lowest BCUT2D eigenvalue weighted by molar-refractivity contribution is -0.137. The van der Waals surface area contributed by atoms with Gasteiger partial charge in [-0.2, -0.15) is 0 Å². The molecule has 98 valence electrons. The van der Waals surface area contributed by atoms with Crippen molar-refractivity contribution in [2.75, 3.05) is 6.61 Å². The molecule has 0 saturated heterocycles. The molecule has 0 aliphatic rings. The monoisotopic (exact) mass is 238 g/mol. The number of ether oxygens (including phenoxy) is 1. The number of carbonyl (C=O) groups is 1. The van der Waals surface area contributed by atoms with Crippen LogP contribution in [-0.2, 0) is 9.53 Å². The molecular formula is C15H26O2.